The van der Waals surface area contributed by atoms with Crippen molar-refractivity contribution in [1.82, 2.24) is 0 Å². The summed E-state index contributed by atoms with van der Waals surface area (Å²) in [5.41, 5.74) is 7.28. The van der Waals surface area contributed by atoms with Crippen LogP contribution in [0.25, 0.3) is 0 Å². The lowest BCUT2D eigenvalue weighted by Crippen LogP contribution is -2.23. The Morgan fingerprint density at radius 2 is 1.93 bits per heavy atom. The maximum absolute atomic E-state index is 12.8. The Labute approximate surface area is 90.5 Å². The lowest BCUT2D eigenvalue weighted by Gasteiger charge is -2.23. The largest absolute Gasteiger partial charge is 0.324 e. The minimum Gasteiger partial charge on any atom is -0.324 e. The third-order valence-electron chi connectivity index (χ3n) is 3.64. The average Bonchev–Trinajstić information content (AvgIpc) is 2.65. The van der Waals surface area contributed by atoms with Gasteiger partial charge in [-0.2, -0.15) is 0 Å². The van der Waals surface area contributed by atoms with Gasteiger partial charge >= 0.3 is 0 Å². The number of hydrogen-bond donors (Lipinski definition) is 1. The molecule has 82 valence electrons. The molecule has 1 aliphatic rings. The monoisotopic (exact) mass is 207 g/mol. The summed E-state index contributed by atoms with van der Waals surface area (Å²) >= 11 is 0. The van der Waals surface area contributed by atoms with Gasteiger partial charge in [-0.1, -0.05) is 31.9 Å². The molecular formula is C13H18FN. The zero-order valence-corrected chi connectivity index (χ0v) is 9.12. The molecule has 0 saturated heterocycles. The Bertz CT molecular complexity index is 320. The Morgan fingerprint density at radius 3 is 2.47 bits per heavy atom. The van der Waals surface area contributed by atoms with Gasteiger partial charge in [-0.25, -0.2) is 4.39 Å². The summed E-state index contributed by atoms with van der Waals surface area (Å²) in [6.07, 6.45) is 3.76. The molecule has 0 amide bonds. The van der Waals surface area contributed by atoms with Crippen LogP contribution in [-0.2, 0) is 0 Å². The van der Waals surface area contributed by atoms with E-state index in [1.165, 1.54) is 31.4 Å². The molecule has 3 unspecified atom stereocenters. The van der Waals surface area contributed by atoms with Gasteiger partial charge in [0.05, 0.1) is 0 Å². The highest BCUT2D eigenvalue weighted by Crippen LogP contribution is 2.38. The molecule has 2 N–H and O–H groups in total. The van der Waals surface area contributed by atoms with E-state index >= 15 is 0 Å². The quantitative estimate of drug-likeness (QED) is 0.791. The van der Waals surface area contributed by atoms with Gasteiger partial charge in [-0.05, 0) is 36.0 Å². The number of nitrogens with two attached hydrogens (primary N) is 1. The predicted molar refractivity (Wildman–Crippen MR) is 59.8 cm³/mol. The summed E-state index contributed by atoms with van der Waals surface area (Å²) in [4.78, 5) is 0. The van der Waals surface area contributed by atoms with Crippen LogP contribution in [0.1, 0.15) is 37.8 Å². The first-order valence-corrected chi connectivity index (χ1v) is 5.69. The number of hydrogen-bond acceptors (Lipinski definition) is 1. The first-order valence-electron chi connectivity index (χ1n) is 5.69. The molecule has 0 aromatic heterocycles. The Balaban J connectivity index is 2.13. The van der Waals surface area contributed by atoms with Gasteiger partial charge in [0.25, 0.3) is 0 Å². The van der Waals surface area contributed by atoms with Gasteiger partial charge < -0.3 is 5.73 Å². The standard InChI is InChI=1S/C13H18FN/c1-9-3-2-4-12(9)13(15)10-5-7-11(14)8-6-10/h5-9,12-13H,2-4,15H2,1H3. The normalized spacial score (nSPS) is 27.9. The fourth-order valence-electron chi connectivity index (χ4n) is 2.64. The van der Waals surface area contributed by atoms with Gasteiger partial charge in [0.1, 0.15) is 5.82 Å². The molecule has 1 aliphatic carbocycles. The molecule has 0 radical (unpaired) electrons. The smallest absolute Gasteiger partial charge is 0.123 e. The molecule has 1 fully saturated rings. The lowest BCUT2D eigenvalue weighted by atomic mass is 9.86. The van der Waals surface area contributed by atoms with E-state index in [0.717, 1.165) is 5.56 Å². The van der Waals surface area contributed by atoms with Crippen LogP contribution in [-0.4, -0.2) is 0 Å². The molecule has 0 spiro atoms. The van der Waals surface area contributed by atoms with Crippen LogP contribution in [0.5, 0.6) is 0 Å². The van der Waals surface area contributed by atoms with E-state index < -0.39 is 0 Å². The van der Waals surface area contributed by atoms with Crippen LogP contribution in [0.4, 0.5) is 4.39 Å². The third kappa shape index (κ3) is 2.20. The molecule has 1 aromatic rings. The number of halogens is 1. The summed E-state index contributed by atoms with van der Waals surface area (Å²) in [5, 5.41) is 0. The first kappa shape index (κ1) is 10.6. The van der Waals surface area contributed by atoms with Crippen molar-refractivity contribution >= 4 is 0 Å². The molecule has 15 heavy (non-hydrogen) atoms. The molecule has 1 nitrogen and oxygen atoms in total. The zero-order chi connectivity index (χ0) is 10.8. The van der Waals surface area contributed by atoms with E-state index in [4.69, 9.17) is 5.73 Å². The van der Waals surface area contributed by atoms with E-state index in [2.05, 4.69) is 6.92 Å². The van der Waals surface area contributed by atoms with E-state index in [-0.39, 0.29) is 11.9 Å². The maximum Gasteiger partial charge on any atom is 0.123 e. The fraction of sp³-hybridized carbons (Fsp3) is 0.538. The minimum atomic E-state index is -0.189. The van der Waals surface area contributed by atoms with Crippen LogP contribution in [0.2, 0.25) is 0 Å². The van der Waals surface area contributed by atoms with E-state index in [0.29, 0.717) is 11.8 Å². The molecule has 0 bridgehead atoms. The highest BCUT2D eigenvalue weighted by atomic mass is 19.1. The van der Waals surface area contributed by atoms with Gasteiger partial charge in [-0.15, -0.1) is 0 Å². The summed E-state index contributed by atoms with van der Waals surface area (Å²) in [6, 6.07) is 6.68. The van der Waals surface area contributed by atoms with E-state index in [1.807, 2.05) is 12.1 Å². The van der Waals surface area contributed by atoms with Crippen molar-refractivity contribution in [3.8, 4) is 0 Å². The summed E-state index contributed by atoms with van der Waals surface area (Å²) < 4.78 is 12.8. The highest BCUT2D eigenvalue weighted by molar-refractivity contribution is 5.20. The lowest BCUT2D eigenvalue weighted by molar-refractivity contribution is 0.351. The molecule has 0 heterocycles. The molecule has 1 saturated carbocycles. The van der Waals surface area contributed by atoms with Gasteiger partial charge in [0.15, 0.2) is 0 Å². The highest BCUT2D eigenvalue weighted by Gasteiger charge is 2.29. The van der Waals surface area contributed by atoms with Crippen molar-refractivity contribution in [1.29, 1.82) is 0 Å². The van der Waals surface area contributed by atoms with Crippen molar-refractivity contribution in [2.45, 2.75) is 32.2 Å². The minimum absolute atomic E-state index is 0.0723. The van der Waals surface area contributed by atoms with E-state index in [1.54, 1.807) is 0 Å². The van der Waals surface area contributed by atoms with Gasteiger partial charge in [0, 0.05) is 6.04 Å². The molecular weight excluding hydrogens is 189 g/mol. The molecule has 0 aliphatic heterocycles. The van der Waals surface area contributed by atoms with Crippen molar-refractivity contribution in [3.63, 3.8) is 0 Å². The number of rotatable bonds is 2. The topological polar surface area (TPSA) is 26.0 Å². The molecule has 2 heteroatoms. The maximum atomic E-state index is 12.8. The second-order valence-electron chi connectivity index (χ2n) is 4.65. The van der Waals surface area contributed by atoms with Crippen LogP contribution in [0.3, 0.4) is 0 Å². The molecule has 3 atom stereocenters. The number of benzene rings is 1. The van der Waals surface area contributed by atoms with E-state index in [9.17, 15) is 4.39 Å². The van der Waals surface area contributed by atoms with Gasteiger partial charge in [0.2, 0.25) is 0 Å². The van der Waals surface area contributed by atoms with Crippen LogP contribution in [0, 0.1) is 17.7 Å². The van der Waals surface area contributed by atoms with Crippen molar-refractivity contribution in [3.05, 3.63) is 35.6 Å². The Morgan fingerprint density at radius 1 is 1.27 bits per heavy atom. The first-order chi connectivity index (χ1) is 7.18. The van der Waals surface area contributed by atoms with Crippen LogP contribution in [0.15, 0.2) is 24.3 Å². The second kappa shape index (κ2) is 4.31. The van der Waals surface area contributed by atoms with Crippen molar-refractivity contribution < 1.29 is 4.39 Å². The molecule has 1 aromatic carbocycles. The van der Waals surface area contributed by atoms with Gasteiger partial charge in [-0.3, -0.25) is 0 Å². The van der Waals surface area contributed by atoms with Crippen LogP contribution < -0.4 is 5.73 Å². The summed E-state index contributed by atoms with van der Waals surface area (Å²) in [7, 11) is 0. The summed E-state index contributed by atoms with van der Waals surface area (Å²) in [6.45, 7) is 2.26. The summed E-state index contributed by atoms with van der Waals surface area (Å²) in [5.74, 6) is 1.07. The Hall–Kier alpha value is -0.890. The average molecular weight is 207 g/mol. The zero-order valence-electron chi connectivity index (χ0n) is 9.12. The second-order valence-corrected chi connectivity index (χ2v) is 4.65. The third-order valence-corrected chi connectivity index (χ3v) is 3.64. The molecule has 2 rings (SSSR count). The van der Waals surface area contributed by atoms with Crippen molar-refractivity contribution in [2.75, 3.05) is 0 Å². The predicted octanol–water partition coefficient (Wildman–Crippen LogP) is 3.26. The van der Waals surface area contributed by atoms with Crippen LogP contribution >= 0.6 is 0 Å². The van der Waals surface area contributed by atoms with Crippen molar-refractivity contribution in [2.24, 2.45) is 17.6 Å². The Kier molecular flexibility index (Phi) is 3.06. The fourth-order valence-corrected chi connectivity index (χ4v) is 2.64. The SMILES string of the molecule is CC1CCCC1C(N)c1ccc(F)cc1.